The fourth-order valence-electron chi connectivity index (χ4n) is 3.85. The lowest BCUT2D eigenvalue weighted by atomic mass is 10.0. The molecule has 0 aliphatic carbocycles. The van der Waals surface area contributed by atoms with Gasteiger partial charge in [-0.3, -0.25) is 14.9 Å². The minimum absolute atomic E-state index is 0.250. The summed E-state index contributed by atoms with van der Waals surface area (Å²) in [5.74, 6) is -0.872. The third kappa shape index (κ3) is 7.86. The molecule has 1 aromatic heterocycles. The van der Waals surface area contributed by atoms with E-state index in [0.717, 1.165) is 11.1 Å². The molecule has 0 fully saturated rings. The van der Waals surface area contributed by atoms with Crippen LogP contribution in [0.4, 0.5) is 10.5 Å². The van der Waals surface area contributed by atoms with Crippen LogP contribution in [0.5, 0.6) is 0 Å². The van der Waals surface area contributed by atoms with Crippen molar-refractivity contribution in [1.29, 1.82) is 0 Å². The minimum Gasteiger partial charge on any atom is -0.453 e. The standard InChI is InChI=1S/C27H26ClN7O4/c1-39-27(38)30-22-12-10-20(11-13-22)25(36)31-23(15-18-6-3-2-4-7-18)26(37)32-24(35-17-29-33-34-35)16-19-8-5-9-21(28)14-19/h2-14,17,23-24H,15-16H2,1H3,(H,30,38)(H,31,36)(H,32,37). The van der Waals surface area contributed by atoms with E-state index in [-0.39, 0.29) is 6.42 Å². The Kier molecular flexibility index (Phi) is 9.20. The first kappa shape index (κ1) is 27.3. The number of carbonyl (C=O) groups excluding carboxylic acids is 3. The molecule has 3 amide bonds. The Labute approximate surface area is 229 Å². The van der Waals surface area contributed by atoms with Gasteiger partial charge in [0.25, 0.3) is 5.91 Å². The zero-order chi connectivity index (χ0) is 27.6. The topological polar surface area (TPSA) is 140 Å². The Morgan fingerprint density at radius 1 is 0.923 bits per heavy atom. The van der Waals surface area contributed by atoms with Crippen molar-refractivity contribution in [1.82, 2.24) is 30.8 Å². The molecule has 2 atom stereocenters. The highest BCUT2D eigenvalue weighted by molar-refractivity contribution is 6.30. The molecule has 12 heteroatoms. The van der Waals surface area contributed by atoms with Crippen LogP contribution >= 0.6 is 11.6 Å². The highest BCUT2D eigenvalue weighted by Gasteiger charge is 2.26. The summed E-state index contributed by atoms with van der Waals surface area (Å²) >= 11 is 6.15. The van der Waals surface area contributed by atoms with Gasteiger partial charge in [0.05, 0.1) is 7.11 Å². The van der Waals surface area contributed by atoms with E-state index in [2.05, 4.69) is 36.2 Å². The molecule has 11 nitrogen and oxygen atoms in total. The summed E-state index contributed by atoms with van der Waals surface area (Å²) in [7, 11) is 1.26. The zero-order valence-electron chi connectivity index (χ0n) is 21.0. The van der Waals surface area contributed by atoms with E-state index >= 15 is 0 Å². The molecule has 3 N–H and O–H groups in total. The SMILES string of the molecule is COC(=O)Nc1ccc(C(=O)NC(Cc2ccccc2)C(=O)NC(Cc2cccc(Cl)c2)n2cnnn2)cc1. The molecule has 1 heterocycles. The van der Waals surface area contributed by atoms with E-state index in [4.69, 9.17) is 11.6 Å². The lowest BCUT2D eigenvalue weighted by molar-refractivity contribution is -0.124. The number of rotatable bonds is 10. The first-order valence-corrected chi connectivity index (χ1v) is 12.4. The van der Waals surface area contributed by atoms with Gasteiger partial charge in [-0.15, -0.1) is 5.10 Å². The molecule has 200 valence electrons. The molecule has 4 rings (SSSR count). The number of nitrogens with one attached hydrogen (secondary N) is 3. The Morgan fingerprint density at radius 3 is 2.33 bits per heavy atom. The van der Waals surface area contributed by atoms with Crippen LogP contribution in [-0.4, -0.2) is 51.3 Å². The minimum atomic E-state index is -0.911. The predicted octanol–water partition coefficient (Wildman–Crippen LogP) is 3.40. The van der Waals surface area contributed by atoms with Crippen LogP contribution < -0.4 is 16.0 Å². The molecule has 4 aromatic rings. The van der Waals surface area contributed by atoms with E-state index in [0.29, 0.717) is 22.7 Å². The highest BCUT2D eigenvalue weighted by Crippen LogP contribution is 2.17. The van der Waals surface area contributed by atoms with E-state index in [9.17, 15) is 14.4 Å². The average Bonchev–Trinajstić information content (AvgIpc) is 3.48. The van der Waals surface area contributed by atoms with E-state index in [1.165, 1.54) is 18.1 Å². The monoisotopic (exact) mass is 547 g/mol. The van der Waals surface area contributed by atoms with Crippen LogP contribution in [0.25, 0.3) is 0 Å². The molecule has 0 radical (unpaired) electrons. The number of hydrogen-bond acceptors (Lipinski definition) is 7. The van der Waals surface area contributed by atoms with Crippen molar-refractivity contribution in [2.24, 2.45) is 0 Å². The number of carbonyl (C=O) groups is 3. The molecule has 0 saturated carbocycles. The van der Waals surface area contributed by atoms with Crippen molar-refractivity contribution in [3.05, 3.63) is 107 Å². The van der Waals surface area contributed by atoms with Gasteiger partial charge in [-0.05, 0) is 58.0 Å². The van der Waals surface area contributed by atoms with Gasteiger partial charge in [-0.2, -0.15) is 0 Å². The van der Waals surface area contributed by atoms with Crippen LogP contribution in [0.2, 0.25) is 5.02 Å². The van der Waals surface area contributed by atoms with Crippen LogP contribution in [0.3, 0.4) is 0 Å². The lowest BCUT2D eigenvalue weighted by Crippen LogP contribution is -2.50. The first-order valence-electron chi connectivity index (χ1n) is 12.0. The summed E-state index contributed by atoms with van der Waals surface area (Å²) in [6.07, 6.45) is 0.758. The number of hydrogen-bond donors (Lipinski definition) is 3. The van der Waals surface area contributed by atoms with Gasteiger partial charge in [0.1, 0.15) is 18.5 Å². The summed E-state index contributed by atoms with van der Waals surface area (Å²) < 4.78 is 6.01. The fourth-order valence-corrected chi connectivity index (χ4v) is 4.06. The number of aromatic nitrogens is 4. The number of anilines is 1. The molecule has 39 heavy (non-hydrogen) atoms. The highest BCUT2D eigenvalue weighted by atomic mass is 35.5. The molecule has 2 unspecified atom stereocenters. The molecule has 0 bridgehead atoms. The van der Waals surface area contributed by atoms with Gasteiger partial charge < -0.3 is 15.4 Å². The Hall–Kier alpha value is -4.77. The number of tetrazole rings is 1. The maximum absolute atomic E-state index is 13.6. The Balaban J connectivity index is 1.53. The molecule has 3 aromatic carbocycles. The van der Waals surface area contributed by atoms with Gasteiger partial charge >= 0.3 is 6.09 Å². The van der Waals surface area contributed by atoms with E-state index < -0.39 is 30.1 Å². The Bertz CT molecular complexity index is 1400. The number of halogens is 1. The van der Waals surface area contributed by atoms with Gasteiger partial charge in [0.15, 0.2) is 0 Å². The third-order valence-corrected chi connectivity index (χ3v) is 6.03. The van der Waals surface area contributed by atoms with Crippen molar-refractivity contribution >= 4 is 35.2 Å². The first-order chi connectivity index (χ1) is 18.9. The van der Waals surface area contributed by atoms with E-state index in [1.54, 1.807) is 36.4 Å². The molecule has 0 aliphatic heterocycles. The maximum Gasteiger partial charge on any atom is 0.411 e. The fraction of sp³-hybridized carbons (Fsp3) is 0.185. The van der Waals surface area contributed by atoms with E-state index in [1.807, 2.05) is 42.5 Å². The van der Waals surface area contributed by atoms with Crippen molar-refractivity contribution in [2.75, 3.05) is 12.4 Å². The molecule has 0 saturated heterocycles. The van der Waals surface area contributed by atoms with Crippen molar-refractivity contribution in [2.45, 2.75) is 25.0 Å². The maximum atomic E-state index is 13.6. The van der Waals surface area contributed by atoms with Crippen LogP contribution in [0, 0.1) is 0 Å². The number of benzene rings is 3. The second-order valence-electron chi connectivity index (χ2n) is 8.56. The van der Waals surface area contributed by atoms with Crippen LogP contribution in [-0.2, 0) is 22.4 Å². The Morgan fingerprint density at radius 2 is 1.67 bits per heavy atom. The second-order valence-corrected chi connectivity index (χ2v) is 8.99. The summed E-state index contributed by atoms with van der Waals surface area (Å²) in [6, 6.07) is 21.9. The molecular formula is C27H26ClN7O4. The van der Waals surface area contributed by atoms with Gasteiger partial charge in [-0.1, -0.05) is 54.1 Å². The van der Waals surface area contributed by atoms with Crippen LogP contribution in [0.15, 0.2) is 85.2 Å². The van der Waals surface area contributed by atoms with Gasteiger partial charge in [0.2, 0.25) is 5.91 Å². The smallest absolute Gasteiger partial charge is 0.411 e. The summed E-state index contributed by atoms with van der Waals surface area (Å²) in [4.78, 5) is 38.1. The van der Waals surface area contributed by atoms with Crippen molar-refractivity contribution in [3.8, 4) is 0 Å². The second kappa shape index (κ2) is 13.2. The normalized spacial score (nSPS) is 12.2. The number of amides is 3. The van der Waals surface area contributed by atoms with Crippen molar-refractivity contribution < 1.29 is 19.1 Å². The van der Waals surface area contributed by atoms with Gasteiger partial charge in [-0.25, -0.2) is 9.48 Å². The lowest BCUT2D eigenvalue weighted by Gasteiger charge is -2.23. The molecule has 0 spiro atoms. The van der Waals surface area contributed by atoms with Crippen molar-refractivity contribution in [3.63, 3.8) is 0 Å². The van der Waals surface area contributed by atoms with Crippen LogP contribution in [0.1, 0.15) is 27.7 Å². The largest absolute Gasteiger partial charge is 0.453 e. The molecular weight excluding hydrogens is 522 g/mol. The number of methoxy groups -OCH3 is 1. The zero-order valence-corrected chi connectivity index (χ0v) is 21.7. The predicted molar refractivity (Wildman–Crippen MR) is 144 cm³/mol. The molecule has 0 aliphatic rings. The number of nitrogens with zero attached hydrogens (tertiary/aromatic N) is 4. The summed E-state index contributed by atoms with van der Waals surface area (Å²) in [5.41, 5.74) is 2.51. The number of ether oxygens (including phenoxy) is 1. The van der Waals surface area contributed by atoms with Gasteiger partial charge in [0, 0.05) is 29.1 Å². The average molecular weight is 548 g/mol. The third-order valence-electron chi connectivity index (χ3n) is 5.79. The summed E-state index contributed by atoms with van der Waals surface area (Å²) in [5, 5.41) is 20.2. The quantitative estimate of drug-likeness (QED) is 0.276. The summed E-state index contributed by atoms with van der Waals surface area (Å²) in [6.45, 7) is 0.